The fraction of sp³-hybridized carbons (Fsp3) is 0.207. The Kier molecular flexibility index (Phi) is 6.82. The highest BCUT2D eigenvalue weighted by Crippen LogP contribution is 2.39. The van der Waals surface area contributed by atoms with Gasteiger partial charge in [-0.25, -0.2) is 4.98 Å². The van der Waals surface area contributed by atoms with Crippen molar-refractivity contribution in [3.8, 4) is 27.6 Å². The number of benzene rings is 3. The smallest absolute Gasteiger partial charge is 0.268 e. The molecule has 1 unspecified atom stereocenters. The second kappa shape index (κ2) is 10.3. The molecule has 0 aliphatic carbocycles. The van der Waals surface area contributed by atoms with Crippen molar-refractivity contribution >= 4 is 34.5 Å². The van der Waals surface area contributed by atoms with Crippen LogP contribution in [-0.4, -0.2) is 29.4 Å². The molecule has 1 aliphatic heterocycles. The number of fused-ring (bicyclic) bond motifs is 1. The Labute approximate surface area is 214 Å². The lowest BCUT2D eigenvalue weighted by atomic mass is 10.1. The van der Waals surface area contributed by atoms with Gasteiger partial charge in [0.15, 0.2) is 6.10 Å². The van der Waals surface area contributed by atoms with Gasteiger partial charge in [-0.3, -0.25) is 14.5 Å². The van der Waals surface area contributed by atoms with Crippen LogP contribution in [0.1, 0.15) is 25.8 Å². The molecule has 1 atom stereocenters. The van der Waals surface area contributed by atoms with Crippen molar-refractivity contribution in [3.63, 3.8) is 0 Å². The molecule has 6 nitrogen and oxygen atoms in total. The molecule has 0 fully saturated rings. The van der Waals surface area contributed by atoms with E-state index in [0.717, 1.165) is 28.2 Å². The molecule has 1 N–H and O–H groups in total. The zero-order valence-electron chi connectivity index (χ0n) is 20.2. The summed E-state index contributed by atoms with van der Waals surface area (Å²) in [5, 5.41) is 5.83. The standard InChI is InChI=1S/C29H27N3O3S/c1-3-19-10-13-22(14-11-19)30-27(33)17-32-24-16-21(12-15-26(24)35-25(4-2)29(32)34)23-18-36-28(31-23)20-8-6-5-7-9-20/h5-16,18,25H,3-4,17H2,1-2H3,(H,30,33). The normalized spacial score (nSPS) is 14.8. The Balaban J connectivity index is 1.42. The molecule has 2 heterocycles. The summed E-state index contributed by atoms with van der Waals surface area (Å²) in [5.41, 5.74) is 5.20. The number of carbonyl (C=O) groups is 2. The number of thiazole rings is 1. The van der Waals surface area contributed by atoms with Crippen LogP contribution < -0.4 is 15.0 Å². The van der Waals surface area contributed by atoms with E-state index in [1.807, 2.05) is 85.1 Å². The van der Waals surface area contributed by atoms with Crippen molar-refractivity contribution in [1.82, 2.24) is 4.98 Å². The summed E-state index contributed by atoms with van der Waals surface area (Å²) in [7, 11) is 0. The maximum absolute atomic E-state index is 13.2. The summed E-state index contributed by atoms with van der Waals surface area (Å²) in [4.78, 5) is 32.5. The van der Waals surface area contributed by atoms with Crippen molar-refractivity contribution in [2.24, 2.45) is 0 Å². The number of aromatic nitrogens is 1. The first-order valence-corrected chi connectivity index (χ1v) is 13.0. The second-order valence-corrected chi connectivity index (χ2v) is 9.48. The van der Waals surface area contributed by atoms with Gasteiger partial charge in [-0.15, -0.1) is 11.3 Å². The Morgan fingerprint density at radius 2 is 1.81 bits per heavy atom. The fourth-order valence-corrected chi connectivity index (χ4v) is 5.03. The molecule has 1 aliphatic rings. The molecule has 0 bridgehead atoms. The minimum Gasteiger partial charge on any atom is -0.478 e. The highest BCUT2D eigenvalue weighted by molar-refractivity contribution is 7.13. The Morgan fingerprint density at radius 1 is 1.03 bits per heavy atom. The monoisotopic (exact) mass is 497 g/mol. The number of ether oxygens (including phenoxy) is 1. The largest absolute Gasteiger partial charge is 0.478 e. The topological polar surface area (TPSA) is 71.5 Å². The minimum atomic E-state index is -0.621. The van der Waals surface area contributed by atoms with Crippen LogP contribution in [0, 0.1) is 0 Å². The molecule has 0 spiro atoms. The van der Waals surface area contributed by atoms with Crippen molar-refractivity contribution < 1.29 is 14.3 Å². The second-order valence-electron chi connectivity index (χ2n) is 8.62. The first-order chi connectivity index (χ1) is 17.6. The predicted octanol–water partition coefficient (Wildman–Crippen LogP) is 6.18. The molecule has 0 saturated heterocycles. The van der Waals surface area contributed by atoms with Gasteiger partial charge >= 0.3 is 0 Å². The molecule has 3 aromatic carbocycles. The van der Waals surface area contributed by atoms with Crippen molar-refractivity contribution in [2.75, 3.05) is 16.8 Å². The van der Waals surface area contributed by atoms with Gasteiger partial charge in [-0.05, 0) is 48.7 Å². The number of carbonyl (C=O) groups excluding carboxylic acids is 2. The molecule has 0 radical (unpaired) electrons. The van der Waals surface area contributed by atoms with E-state index in [9.17, 15) is 9.59 Å². The van der Waals surface area contributed by atoms with E-state index in [4.69, 9.17) is 9.72 Å². The Bertz CT molecular complexity index is 1380. The summed E-state index contributed by atoms with van der Waals surface area (Å²) in [6.45, 7) is 3.88. The number of hydrogen-bond acceptors (Lipinski definition) is 5. The van der Waals surface area contributed by atoms with E-state index in [1.54, 1.807) is 11.3 Å². The van der Waals surface area contributed by atoms with Gasteiger partial charge in [-0.1, -0.05) is 56.3 Å². The van der Waals surface area contributed by atoms with Crippen LogP contribution in [0.25, 0.3) is 21.8 Å². The molecular formula is C29H27N3O3S. The minimum absolute atomic E-state index is 0.100. The number of anilines is 2. The Morgan fingerprint density at radius 3 is 2.53 bits per heavy atom. The third-order valence-corrected chi connectivity index (χ3v) is 7.09. The maximum atomic E-state index is 13.2. The average molecular weight is 498 g/mol. The van der Waals surface area contributed by atoms with Crippen LogP contribution in [0.3, 0.4) is 0 Å². The Hall–Kier alpha value is -3.97. The van der Waals surface area contributed by atoms with Gasteiger partial charge in [0.1, 0.15) is 17.3 Å². The van der Waals surface area contributed by atoms with Crippen LogP contribution in [0.2, 0.25) is 0 Å². The van der Waals surface area contributed by atoms with Crippen LogP contribution in [0.5, 0.6) is 5.75 Å². The zero-order valence-corrected chi connectivity index (χ0v) is 21.0. The van der Waals surface area contributed by atoms with Crippen LogP contribution in [0.15, 0.2) is 78.2 Å². The number of amides is 2. The first kappa shape index (κ1) is 23.8. The van der Waals surface area contributed by atoms with Gasteiger partial charge < -0.3 is 10.1 Å². The summed E-state index contributed by atoms with van der Waals surface area (Å²) in [5.74, 6) is 0.103. The summed E-state index contributed by atoms with van der Waals surface area (Å²) in [6, 6.07) is 23.4. The summed E-state index contributed by atoms with van der Waals surface area (Å²) < 4.78 is 5.97. The SMILES string of the molecule is CCc1ccc(NC(=O)CN2C(=O)C(CC)Oc3ccc(-c4csc(-c5ccccc5)n4)cc32)cc1. The van der Waals surface area contributed by atoms with E-state index in [2.05, 4.69) is 12.2 Å². The highest BCUT2D eigenvalue weighted by Gasteiger charge is 2.34. The molecule has 1 aromatic heterocycles. The molecular weight excluding hydrogens is 470 g/mol. The quantitative estimate of drug-likeness (QED) is 0.331. The van der Waals surface area contributed by atoms with Gasteiger partial charge in [0.2, 0.25) is 5.91 Å². The first-order valence-electron chi connectivity index (χ1n) is 12.1. The van der Waals surface area contributed by atoms with Gasteiger partial charge in [0.25, 0.3) is 5.91 Å². The number of rotatable bonds is 7. The molecule has 4 aromatic rings. The van der Waals surface area contributed by atoms with E-state index in [-0.39, 0.29) is 18.4 Å². The molecule has 5 rings (SSSR count). The van der Waals surface area contributed by atoms with Crippen molar-refractivity contribution in [3.05, 3.63) is 83.7 Å². The van der Waals surface area contributed by atoms with Crippen molar-refractivity contribution in [1.29, 1.82) is 0 Å². The fourth-order valence-electron chi connectivity index (χ4n) is 4.19. The zero-order chi connectivity index (χ0) is 25.1. The molecule has 0 saturated carbocycles. The molecule has 7 heteroatoms. The van der Waals surface area contributed by atoms with Gasteiger partial charge in [0, 0.05) is 22.2 Å². The van der Waals surface area contributed by atoms with Crippen LogP contribution >= 0.6 is 11.3 Å². The van der Waals surface area contributed by atoms with Gasteiger partial charge in [0.05, 0.1) is 11.4 Å². The third-order valence-electron chi connectivity index (χ3n) is 6.20. The van der Waals surface area contributed by atoms with E-state index >= 15 is 0 Å². The molecule has 36 heavy (non-hydrogen) atoms. The number of nitrogens with one attached hydrogen (secondary N) is 1. The lowest BCUT2D eigenvalue weighted by Gasteiger charge is -2.34. The summed E-state index contributed by atoms with van der Waals surface area (Å²) in [6.07, 6.45) is 0.826. The maximum Gasteiger partial charge on any atom is 0.268 e. The van der Waals surface area contributed by atoms with Gasteiger partial charge in [-0.2, -0.15) is 0 Å². The number of hydrogen-bond donors (Lipinski definition) is 1. The lowest BCUT2D eigenvalue weighted by Crippen LogP contribution is -2.48. The molecule has 2 amide bonds. The molecule has 182 valence electrons. The van der Waals surface area contributed by atoms with Crippen LogP contribution in [0.4, 0.5) is 11.4 Å². The van der Waals surface area contributed by atoms with E-state index in [1.165, 1.54) is 10.5 Å². The van der Waals surface area contributed by atoms with E-state index < -0.39 is 6.10 Å². The number of nitrogens with zero attached hydrogens (tertiary/aromatic N) is 2. The number of aryl methyl sites for hydroxylation is 1. The average Bonchev–Trinajstić information content (AvgIpc) is 3.41. The van der Waals surface area contributed by atoms with E-state index in [0.29, 0.717) is 23.5 Å². The lowest BCUT2D eigenvalue weighted by molar-refractivity contribution is -0.128. The highest BCUT2D eigenvalue weighted by atomic mass is 32.1. The summed E-state index contributed by atoms with van der Waals surface area (Å²) >= 11 is 1.57. The third kappa shape index (κ3) is 4.88. The van der Waals surface area contributed by atoms with Crippen LogP contribution in [-0.2, 0) is 16.0 Å². The van der Waals surface area contributed by atoms with Crippen molar-refractivity contribution in [2.45, 2.75) is 32.8 Å². The predicted molar refractivity (Wildman–Crippen MR) is 144 cm³/mol.